The number of aryl methyl sites for hydroxylation is 2. The van der Waals surface area contributed by atoms with E-state index in [2.05, 4.69) is 18.9 Å². The van der Waals surface area contributed by atoms with Crippen LogP contribution in [0.5, 0.6) is 0 Å². The fourth-order valence-electron chi connectivity index (χ4n) is 2.60. The zero-order valence-corrected chi connectivity index (χ0v) is 14.0. The van der Waals surface area contributed by atoms with Crippen LogP contribution in [0.25, 0.3) is 0 Å². The first kappa shape index (κ1) is 17.5. The summed E-state index contributed by atoms with van der Waals surface area (Å²) in [6, 6.07) is 0.195. The first-order valence-corrected chi connectivity index (χ1v) is 8.45. The molecule has 1 unspecified atom stereocenters. The summed E-state index contributed by atoms with van der Waals surface area (Å²) in [5.74, 6) is 0. The Hall–Kier alpha value is -0.540. The van der Waals surface area contributed by atoms with Crippen molar-refractivity contribution in [1.29, 1.82) is 0 Å². The van der Waals surface area contributed by atoms with E-state index in [9.17, 15) is 0 Å². The first-order chi connectivity index (χ1) is 9.60. The van der Waals surface area contributed by atoms with Crippen LogP contribution in [-0.2, 0) is 13.0 Å². The molecule has 0 aromatic carbocycles. The average molecular weight is 300 g/mol. The third-order valence-electron chi connectivity index (χ3n) is 3.84. The summed E-state index contributed by atoms with van der Waals surface area (Å²) in [7, 11) is 0. The second-order valence-corrected chi connectivity index (χ2v) is 6.06. The number of nitrogens with two attached hydrogens (primary N) is 1. The average Bonchev–Trinajstić information content (AvgIpc) is 2.70. The Kier molecular flexibility index (Phi) is 8.24. The topological polar surface area (TPSA) is 43.8 Å². The quantitative estimate of drug-likeness (QED) is 0.647. The Bertz CT molecular complexity index is 387. The molecule has 1 atom stereocenters. The van der Waals surface area contributed by atoms with Gasteiger partial charge in [0.15, 0.2) is 0 Å². The molecule has 0 spiro atoms. The minimum atomic E-state index is 0.195. The van der Waals surface area contributed by atoms with Crippen LogP contribution in [-0.4, -0.2) is 15.8 Å². The molecule has 1 rings (SSSR count). The van der Waals surface area contributed by atoms with Gasteiger partial charge in [-0.25, -0.2) is 0 Å². The molecule has 1 aromatic heterocycles. The van der Waals surface area contributed by atoms with Crippen LogP contribution in [0.4, 0.5) is 0 Å². The van der Waals surface area contributed by atoms with Gasteiger partial charge in [-0.1, -0.05) is 57.0 Å². The molecule has 0 bridgehead atoms. The van der Waals surface area contributed by atoms with Gasteiger partial charge in [-0.05, 0) is 20.3 Å². The Morgan fingerprint density at radius 2 is 1.80 bits per heavy atom. The van der Waals surface area contributed by atoms with E-state index in [4.69, 9.17) is 17.3 Å². The third-order valence-corrected chi connectivity index (χ3v) is 4.33. The molecule has 2 N–H and O–H groups in total. The Balaban J connectivity index is 2.33. The van der Waals surface area contributed by atoms with Gasteiger partial charge in [-0.3, -0.25) is 4.68 Å². The second kappa shape index (κ2) is 9.41. The molecule has 0 aliphatic rings. The van der Waals surface area contributed by atoms with Gasteiger partial charge in [0.25, 0.3) is 0 Å². The highest BCUT2D eigenvalue weighted by Crippen LogP contribution is 2.22. The first-order valence-electron chi connectivity index (χ1n) is 8.07. The van der Waals surface area contributed by atoms with Crippen molar-refractivity contribution >= 4 is 11.6 Å². The highest BCUT2D eigenvalue weighted by molar-refractivity contribution is 6.31. The lowest BCUT2D eigenvalue weighted by atomic mass is 10.0. The van der Waals surface area contributed by atoms with Crippen molar-refractivity contribution in [3.63, 3.8) is 0 Å². The van der Waals surface area contributed by atoms with Crippen LogP contribution < -0.4 is 5.73 Å². The fraction of sp³-hybridized carbons (Fsp3) is 0.812. The van der Waals surface area contributed by atoms with Crippen LogP contribution in [0.3, 0.4) is 0 Å². The Morgan fingerprint density at radius 3 is 2.45 bits per heavy atom. The van der Waals surface area contributed by atoms with E-state index in [1.165, 1.54) is 38.5 Å². The molecule has 0 fully saturated rings. The highest BCUT2D eigenvalue weighted by Gasteiger charge is 2.15. The van der Waals surface area contributed by atoms with Crippen molar-refractivity contribution in [2.24, 2.45) is 5.73 Å². The molecular weight excluding hydrogens is 270 g/mol. The van der Waals surface area contributed by atoms with Crippen LogP contribution in [0.1, 0.15) is 70.2 Å². The van der Waals surface area contributed by atoms with E-state index in [1.807, 2.05) is 11.6 Å². The summed E-state index contributed by atoms with van der Waals surface area (Å²) >= 11 is 6.32. The lowest BCUT2D eigenvalue weighted by molar-refractivity contribution is 0.513. The largest absolute Gasteiger partial charge is 0.327 e. The number of rotatable bonds is 10. The molecule has 0 aliphatic heterocycles. The van der Waals surface area contributed by atoms with Gasteiger partial charge in [0.2, 0.25) is 0 Å². The third kappa shape index (κ3) is 5.45. The van der Waals surface area contributed by atoms with E-state index < -0.39 is 0 Å². The van der Waals surface area contributed by atoms with Crippen LogP contribution in [0.15, 0.2) is 0 Å². The zero-order chi connectivity index (χ0) is 15.0. The summed E-state index contributed by atoms with van der Waals surface area (Å²) in [6.07, 6.45) is 9.80. The minimum Gasteiger partial charge on any atom is -0.327 e. The van der Waals surface area contributed by atoms with E-state index in [1.54, 1.807) is 0 Å². The van der Waals surface area contributed by atoms with Crippen LogP contribution >= 0.6 is 11.6 Å². The van der Waals surface area contributed by atoms with Crippen molar-refractivity contribution < 1.29 is 0 Å². The molecule has 1 aromatic rings. The van der Waals surface area contributed by atoms with E-state index in [0.717, 1.165) is 35.8 Å². The number of halogens is 1. The van der Waals surface area contributed by atoms with Crippen LogP contribution in [0.2, 0.25) is 5.02 Å². The van der Waals surface area contributed by atoms with Gasteiger partial charge in [0.1, 0.15) is 0 Å². The van der Waals surface area contributed by atoms with Gasteiger partial charge in [0.05, 0.1) is 16.4 Å². The van der Waals surface area contributed by atoms with Crippen molar-refractivity contribution in [1.82, 2.24) is 9.78 Å². The molecule has 3 nitrogen and oxygen atoms in total. The number of hydrogen-bond acceptors (Lipinski definition) is 2. The van der Waals surface area contributed by atoms with Gasteiger partial charge in [-0.15, -0.1) is 0 Å². The maximum absolute atomic E-state index is 6.32. The molecule has 0 saturated heterocycles. The monoisotopic (exact) mass is 299 g/mol. The molecule has 0 radical (unpaired) electrons. The normalized spacial score (nSPS) is 12.8. The highest BCUT2D eigenvalue weighted by atomic mass is 35.5. The van der Waals surface area contributed by atoms with E-state index >= 15 is 0 Å². The molecule has 1 heterocycles. The minimum absolute atomic E-state index is 0.195. The lowest BCUT2D eigenvalue weighted by Gasteiger charge is -2.13. The van der Waals surface area contributed by atoms with Crippen molar-refractivity contribution in [2.45, 2.75) is 84.7 Å². The standard InChI is InChI=1S/C16H30ClN3/c1-4-6-7-8-9-10-11-14(18)12-15-16(17)13(3)19-20(15)5-2/h14H,4-12,18H2,1-3H3. The number of nitrogens with zero attached hydrogens (tertiary/aromatic N) is 2. The van der Waals surface area contributed by atoms with Gasteiger partial charge >= 0.3 is 0 Å². The molecule has 0 amide bonds. The molecular formula is C16H30ClN3. The molecule has 0 aliphatic carbocycles. The van der Waals surface area contributed by atoms with Gasteiger partial charge in [0, 0.05) is 19.0 Å². The second-order valence-electron chi connectivity index (χ2n) is 5.68. The zero-order valence-electron chi connectivity index (χ0n) is 13.3. The predicted molar refractivity (Wildman–Crippen MR) is 87.3 cm³/mol. The Labute approximate surface area is 128 Å². The number of aromatic nitrogens is 2. The SMILES string of the molecule is CCCCCCCCC(N)Cc1c(Cl)c(C)nn1CC. The molecule has 0 saturated carbocycles. The number of unbranched alkanes of at least 4 members (excludes halogenated alkanes) is 5. The lowest BCUT2D eigenvalue weighted by Crippen LogP contribution is -2.24. The van der Waals surface area contributed by atoms with Crippen molar-refractivity contribution in [2.75, 3.05) is 0 Å². The summed E-state index contributed by atoms with van der Waals surface area (Å²) in [5.41, 5.74) is 8.26. The van der Waals surface area contributed by atoms with Crippen molar-refractivity contribution in [3.05, 3.63) is 16.4 Å². The summed E-state index contributed by atoms with van der Waals surface area (Å²) in [4.78, 5) is 0. The predicted octanol–water partition coefficient (Wildman–Crippen LogP) is 4.49. The van der Waals surface area contributed by atoms with Crippen LogP contribution in [0, 0.1) is 6.92 Å². The summed E-state index contributed by atoms with van der Waals surface area (Å²) in [5, 5.41) is 5.24. The smallest absolute Gasteiger partial charge is 0.0847 e. The molecule has 20 heavy (non-hydrogen) atoms. The molecule has 116 valence electrons. The fourth-order valence-corrected chi connectivity index (χ4v) is 2.81. The summed E-state index contributed by atoms with van der Waals surface area (Å²) < 4.78 is 1.98. The van der Waals surface area contributed by atoms with E-state index in [0.29, 0.717) is 0 Å². The Morgan fingerprint density at radius 1 is 1.15 bits per heavy atom. The van der Waals surface area contributed by atoms with Gasteiger partial charge < -0.3 is 5.73 Å². The maximum atomic E-state index is 6.32. The summed E-state index contributed by atoms with van der Waals surface area (Å²) in [6.45, 7) is 7.15. The maximum Gasteiger partial charge on any atom is 0.0847 e. The number of hydrogen-bond donors (Lipinski definition) is 1. The molecule has 4 heteroatoms. The van der Waals surface area contributed by atoms with Gasteiger partial charge in [-0.2, -0.15) is 5.10 Å². The van der Waals surface area contributed by atoms with E-state index in [-0.39, 0.29) is 6.04 Å². The van der Waals surface area contributed by atoms with Crippen molar-refractivity contribution in [3.8, 4) is 0 Å².